The molecule has 0 aliphatic carbocycles. The number of rotatable bonds is 1. The number of hydrogen-bond donors (Lipinski definition) is 2. The molecule has 0 aromatic carbocycles. The minimum Gasteiger partial charge on any atom is -0.341 e. The van der Waals surface area contributed by atoms with Crippen molar-refractivity contribution in [3.8, 4) is 0 Å². The first-order chi connectivity index (χ1) is 6.22. The van der Waals surface area contributed by atoms with Crippen LogP contribution in [0.15, 0.2) is 12.3 Å². The molecule has 2 amide bonds. The monoisotopic (exact) mass is 184 g/mol. The van der Waals surface area contributed by atoms with Gasteiger partial charge in [0.25, 0.3) is 0 Å². The zero-order chi connectivity index (χ0) is 10.3. The number of urea groups is 1. The summed E-state index contributed by atoms with van der Waals surface area (Å²) in [6.07, 6.45) is 1.76. The number of nitrogens with zero attached hydrogens (tertiary/aromatic N) is 2. The largest absolute Gasteiger partial charge is 0.341 e. The molecule has 2 N–H and O–H groups in total. The standard InChI is InChI=1S/C6H10N4O.C2H6/c1-7-6(11)8-5-3-4-10(2)9-5;1-2/h3-4H,1-2H3,(H2,7,8,9,11);1-2H3. The highest BCUT2D eigenvalue weighted by atomic mass is 16.2. The van der Waals surface area contributed by atoms with E-state index in [0.717, 1.165) is 0 Å². The molecule has 0 bridgehead atoms. The maximum Gasteiger partial charge on any atom is 0.320 e. The predicted octanol–water partition coefficient (Wildman–Crippen LogP) is 1.20. The Hall–Kier alpha value is -1.52. The van der Waals surface area contributed by atoms with Crippen LogP contribution in [0, 0.1) is 0 Å². The minimum atomic E-state index is -0.260. The molecular formula is C8H16N4O. The molecule has 0 saturated carbocycles. The zero-order valence-corrected chi connectivity index (χ0v) is 8.46. The molecular weight excluding hydrogens is 168 g/mol. The molecule has 0 saturated heterocycles. The minimum absolute atomic E-state index is 0.260. The van der Waals surface area contributed by atoms with Crippen LogP contribution in [0.2, 0.25) is 0 Å². The Labute approximate surface area is 78.1 Å². The van der Waals surface area contributed by atoms with Gasteiger partial charge in [-0.3, -0.25) is 10.00 Å². The van der Waals surface area contributed by atoms with E-state index >= 15 is 0 Å². The fraction of sp³-hybridized carbons (Fsp3) is 0.500. The van der Waals surface area contributed by atoms with Gasteiger partial charge in [0.2, 0.25) is 0 Å². The second-order valence-electron chi connectivity index (χ2n) is 2.08. The first-order valence-corrected chi connectivity index (χ1v) is 4.21. The third-order valence-corrected chi connectivity index (χ3v) is 1.18. The van der Waals surface area contributed by atoms with E-state index in [1.165, 1.54) is 0 Å². The summed E-state index contributed by atoms with van der Waals surface area (Å²) in [6, 6.07) is 1.46. The van der Waals surface area contributed by atoms with Crippen molar-refractivity contribution in [2.45, 2.75) is 13.8 Å². The van der Waals surface area contributed by atoms with Gasteiger partial charge in [-0.1, -0.05) is 13.8 Å². The highest BCUT2D eigenvalue weighted by Crippen LogP contribution is 1.99. The summed E-state index contributed by atoms with van der Waals surface area (Å²) < 4.78 is 1.62. The van der Waals surface area contributed by atoms with E-state index < -0.39 is 0 Å². The summed E-state index contributed by atoms with van der Waals surface area (Å²) in [7, 11) is 3.34. The number of nitrogens with one attached hydrogen (secondary N) is 2. The number of aromatic nitrogens is 2. The van der Waals surface area contributed by atoms with Crippen LogP contribution in [0.4, 0.5) is 10.6 Å². The molecule has 1 rings (SSSR count). The predicted molar refractivity (Wildman–Crippen MR) is 52.6 cm³/mol. The highest BCUT2D eigenvalue weighted by Gasteiger charge is 1.99. The van der Waals surface area contributed by atoms with Crippen LogP contribution in [0.3, 0.4) is 0 Å². The van der Waals surface area contributed by atoms with Crippen molar-refractivity contribution in [3.63, 3.8) is 0 Å². The van der Waals surface area contributed by atoms with Gasteiger partial charge in [-0.25, -0.2) is 4.79 Å². The van der Waals surface area contributed by atoms with E-state index in [9.17, 15) is 4.79 Å². The number of amides is 2. The van der Waals surface area contributed by atoms with Crippen molar-refractivity contribution in [1.82, 2.24) is 15.1 Å². The second kappa shape index (κ2) is 6.05. The van der Waals surface area contributed by atoms with Gasteiger partial charge in [-0.05, 0) is 0 Å². The molecule has 1 aromatic heterocycles. The van der Waals surface area contributed by atoms with Gasteiger partial charge in [-0.15, -0.1) is 0 Å². The maximum atomic E-state index is 10.7. The topological polar surface area (TPSA) is 59.0 Å². The summed E-state index contributed by atoms with van der Waals surface area (Å²) in [6.45, 7) is 4.00. The third kappa shape index (κ3) is 4.15. The number of carbonyl (C=O) groups is 1. The van der Waals surface area contributed by atoms with Crippen molar-refractivity contribution in [1.29, 1.82) is 0 Å². The average molecular weight is 184 g/mol. The fourth-order valence-electron chi connectivity index (χ4n) is 0.661. The van der Waals surface area contributed by atoms with E-state index in [1.807, 2.05) is 13.8 Å². The van der Waals surface area contributed by atoms with E-state index in [-0.39, 0.29) is 6.03 Å². The average Bonchev–Trinajstić information content (AvgIpc) is 2.54. The Morgan fingerprint density at radius 3 is 2.54 bits per heavy atom. The number of hydrogen-bond acceptors (Lipinski definition) is 2. The lowest BCUT2D eigenvalue weighted by Gasteiger charge is -1.97. The van der Waals surface area contributed by atoms with E-state index in [4.69, 9.17) is 0 Å². The van der Waals surface area contributed by atoms with Crippen molar-refractivity contribution in [2.24, 2.45) is 7.05 Å². The van der Waals surface area contributed by atoms with Crippen LogP contribution >= 0.6 is 0 Å². The second-order valence-corrected chi connectivity index (χ2v) is 2.08. The first kappa shape index (κ1) is 11.5. The lowest BCUT2D eigenvalue weighted by Crippen LogP contribution is -2.24. The van der Waals surface area contributed by atoms with Crippen LogP contribution in [0.25, 0.3) is 0 Å². The fourth-order valence-corrected chi connectivity index (χ4v) is 0.661. The first-order valence-electron chi connectivity index (χ1n) is 4.21. The van der Waals surface area contributed by atoms with Crippen LogP contribution < -0.4 is 10.6 Å². The van der Waals surface area contributed by atoms with Crippen molar-refractivity contribution in [2.75, 3.05) is 12.4 Å². The molecule has 0 atom stereocenters. The van der Waals surface area contributed by atoms with Gasteiger partial charge in [0.05, 0.1) is 0 Å². The molecule has 5 nitrogen and oxygen atoms in total. The molecule has 1 heterocycles. The smallest absolute Gasteiger partial charge is 0.320 e. The van der Waals surface area contributed by atoms with Gasteiger partial charge in [0.15, 0.2) is 5.82 Å². The molecule has 13 heavy (non-hydrogen) atoms. The van der Waals surface area contributed by atoms with Crippen LogP contribution in [0.1, 0.15) is 13.8 Å². The summed E-state index contributed by atoms with van der Waals surface area (Å²) in [5, 5.41) is 8.90. The number of anilines is 1. The van der Waals surface area contributed by atoms with Gasteiger partial charge in [0, 0.05) is 26.4 Å². The Morgan fingerprint density at radius 1 is 1.54 bits per heavy atom. The van der Waals surface area contributed by atoms with Crippen LogP contribution in [0.5, 0.6) is 0 Å². The normalized spacial score (nSPS) is 8.31. The van der Waals surface area contributed by atoms with Crippen LogP contribution in [-0.4, -0.2) is 22.9 Å². The summed E-state index contributed by atoms with van der Waals surface area (Å²) in [4.78, 5) is 10.7. The van der Waals surface area contributed by atoms with Gasteiger partial charge in [0.1, 0.15) is 0 Å². The molecule has 0 fully saturated rings. The molecule has 0 spiro atoms. The molecule has 5 heteroatoms. The molecule has 0 radical (unpaired) electrons. The summed E-state index contributed by atoms with van der Waals surface area (Å²) in [5.74, 6) is 0.548. The SMILES string of the molecule is CC.CNC(=O)Nc1ccn(C)n1. The lowest BCUT2D eigenvalue weighted by atomic mass is 10.6. The van der Waals surface area contributed by atoms with Gasteiger partial charge in [-0.2, -0.15) is 5.10 Å². The van der Waals surface area contributed by atoms with Gasteiger partial charge < -0.3 is 5.32 Å². The Morgan fingerprint density at radius 2 is 2.15 bits per heavy atom. The third-order valence-electron chi connectivity index (χ3n) is 1.18. The van der Waals surface area contributed by atoms with Crippen molar-refractivity contribution in [3.05, 3.63) is 12.3 Å². The number of carbonyl (C=O) groups excluding carboxylic acids is 1. The molecule has 0 unspecified atom stereocenters. The Bertz CT molecular complexity index is 256. The Balaban J connectivity index is 0.000000671. The highest BCUT2D eigenvalue weighted by molar-refractivity contribution is 5.87. The quantitative estimate of drug-likeness (QED) is 0.689. The molecule has 1 aromatic rings. The Kier molecular flexibility index (Phi) is 5.34. The van der Waals surface area contributed by atoms with Gasteiger partial charge >= 0.3 is 6.03 Å². The van der Waals surface area contributed by atoms with E-state index in [1.54, 1.807) is 31.0 Å². The number of aryl methyl sites for hydroxylation is 1. The van der Waals surface area contributed by atoms with E-state index in [2.05, 4.69) is 15.7 Å². The summed E-state index contributed by atoms with van der Waals surface area (Å²) in [5.41, 5.74) is 0. The zero-order valence-electron chi connectivity index (χ0n) is 8.46. The van der Waals surface area contributed by atoms with Crippen molar-refractivity contribution >= 4 is 11.8 Å². The van der Waals surface area contributed by atoms with Crippen LogP contribution in [-0.2, 0) is 7.05 Å². The molecule has 0 aliphatic heterocycles. The molecule has 74 valence electrons. The van der Waals surface area contributed by atoms with E-state index in [0.29, 0.717) is 5.82 Å². The molecule has 0 aliphatic rings. The van der Waals surface area contributed by atoms with Crippen molar-refractivity contribution < 1.29 is 4.79 Å². The lowest BCUT2D eigenvalue weighted by molar-refractivity contribution is 0.254. The maximum absolute atomic E-state index is 10.7. The summed E-state index contributed by atoms with van der Waals surface area (Å²) >= 11 is 0.